The third-order valence-electron chi connectivity index (χ3n) is 3.06. The number of aliphatic hydroxyl groups is 1. The maximum Gasteiger partial charge on any atom is 0.418 e. The van der Waals surface area contributed by atoms with Crippen molar-refractivity contribution < 1.29 is 23.4 Å². The maximum atomic E-state index is 12.6. The van der Waals surface area contributed by atoms with Gasteiger partial charge in [0.15, 0.2) is 6.10 Å². The summed E-state index contributed by atoms with van der Waals surface area (Å²) in [5.74, 6) is -0.237. The summed E-state index contributed by atoms with van der Waals surface area (Å²) in [6.07, 6.45) is -7.23. The Hall–Kier alpha value is -1.23. The van der Waals surface area contributed by atoms with Gasteiger partial charge in [-0.15, -0.1) is 0 Å². The molecule has 0 aromatic heterocycles. The van der Waals surface area contributed by atoms with Gasteiger partial charge in [0.2, 0.25) is 0 Å². The zero-order valence-electron chi connectivity index (χ0n) is 11.4. The van der Waals surface area contributed by atoms with Crippen LogP contribution in [0, 0.1) is 0 Å². The molecular weight excluding hydrogens is 257 g/mol. The Balaban J connectivity index is 3.43. The average Bonchev–Trinajstić information content (AvgIpc) is 2.26. The van der Waals surface area contributed by atoms with Gasteiger partial charge in [-0.3, -0.25) is 0 Å². The molecule has 5 heteroatoms. The summed E-state index contributed by atoms with van der Waals surface area (Å²) in [5, 5.41) is 19.4. The lowest BCUT2D eigenvalue weighted by Gasteiger charge is -2.21. The van der Waals surface area contributed by atoms with Crippen LogP contribution in [0.5, 0.6) is 5.75 Å². The fraction of sp³-hybridized carbons (Fsp3) is 0.571. The largest absolute Gasteiger partial charge is 0.507 e. The summed E-state index contributed by atoms with van der Waals surface area (Å²) in [6, 6.07) is 2.45. The van der Waals surface area contributed by atoms with Crippen molar-refractivity contribution in [2.75, 3.05) is 0 Å². The first-order valence-corrected chi connectivity index (χ1v) is 6.17. The van der Waals surface area contributed by atoms with Crippen LogP contribution in [0.15, 0.2) is 12.1 Å². The van der Waals surface area contributed by atoms with E-state index >= 15 is 0 Å². The number of rotatable bonds is 3. The number of phenols is 1. The Morgan fingerprint density at radius 1 is 0.947 bits per heavy atom. The number of halogens is 3. The van der Waals surface area contributed by atoms with Gasteiger partial charge >= 0.3 is 6.18 Å². The van der Waals surface area contributed by atoms with Crippen molar-refractivity contribution in [3.8, 4) is 5.75 Å². The molecule has 0 radical (unpaired) electrons. The van der Waals surface area contributed by atoms with Crippen LogP contribution in [0.4, 0.5) is 13.2 Å². The van der Waals surface area contributed by atoms with Crippen LogP contribution in [0.1, 0.15) is 62.3 Å². The smallest absolute Gasteiger partial charge is 0.418 e. The first-order valence-electron chi connectivity index (χ1n) is 6.17. The maximum absolute atomic E-state index is 12.6. The van der Waals surface area contributed by atoms with Crippen molar-refractivity contribution >= 4 is 0 Å². The van der Waals surface area contributed by atoms with Crippen LogP contribution in [0.25, 0.3) is 0 Å². The number of hydrogen-bond donors (Lipinski definition) is 2. The van der Waals surface area contributed by atoms with Gasteiger partial charge in [-0.25, -0.2) is 0 Å². The first-order chi connectivity index (χ1) is 8.55. The minimum Gasteiger partial charge on any atom is -0.507 e. The van der Waals surface area contributed by atoms with Gasteiger partial charge < -0.3 is 10.2 Å². The summed E-state index contributed by atoms with van der Waals surface area (Å²) in [5.41, 5.74) is 0.617. The molecule has 1 rings (SSSR count). The van der Waals surface area contributed by atoms with Crippen molar-refractivity contribution in [3.05, 3.63) is 28.8 Å². The summed E-state index contributed by atoms with van der Waals surface area (Å²) < 4.78 is 37.8. The zero-order chi connectivity index (χ0) is 15.0. The Kier molecular flexibility index (Phi) is 4.50. The lowest BCUT2D eigenvalue weighted by atomic mass is 9.90. The van der Waals surface area contributed by atoms with Crippen molar-refractivity contribution in [2.45, 2.75) is 51.8 Å². The SMILES string of the molecule is CC(C)c1cc([C@@H](O)C(F)(F)F)cc(C(C)C)c1O. The average molecular weight is 276 g/mol. The molecule has 0 aliphatic carbocycles. The Morgan fingerprint density at radius 2 is 1.32 bits per heavy atom. The minimum absolute atomic E-state index is 0.0168. The Labute approximate surface area is 110 Å². The van der Waals surface area contributed by atoms with Crippen LogP contribution in [-0.4, -0.2) is 16.4 Å². The molecule has 1 aromatic rings. The third-order valence-corrected chi connectivity index (χ3v) is 3.06. The van der Waals surface area contributed by atoms with E-state index in [1.807, 2.05) is 0 Å². The lowest BCUT2D eigenvalue weighted by Crippen LogP contribution is -2.20. The molecule has 0 bridgehead atoms. The van der Waals surface area contributed by atoms with E-state index in [1.165, 1.54) is 12.1 Å². The van der Waals surface area contributed by atoms with E-state index in [2.05, 4.69) is 0 Å². The molecule has 0 saturated carbocycles. The molecule has 108 valence electrons. The molecule has 0 heterocycles. The summed E-state index contributed by atoms with van der Waals surface area (Å²) in [6.45, 7) is 7.12. The molecule has 2 nitrogen and oxygen atoms in total. The molecule has 1 atom stereocenters. The van der Waals surface area contributed by atoms with Crippen molar-refractivity contribution in [1.82, 2.24) is 0 Å². The second-order valence-corrected chi connectivity index (χ2v) is 5.30. The van der Waals surface area contributed by atoms with Crippen LogP contribution >= 0.6 is 0 Å². The topological polar surface area (TPSA) is 40.5 Å². The van der Waals surface area contributed by atoms with Crippen LogP contribution in [0.2, 0.25) is 0 Å². The van der Waals surface area contributed by atoms with Crippen molar-refractivity contribution in [2.24, 2.45) is 0 Å². The van der Waals surface area contributed by atoms with Gasteiger partial charge in [-0.1, -0.05) is 27.7 Å². The van der Waals surface area contributed by atoms with Crippen molar-refractivity contribution in [3.63, 3.8) is 0 Å². The van der Waals surface area contributed by atoms with Gasteiger partial charge in [0.1, 0.15) is 5.75 Å². The van der Waals surface area contributed by atoms with Gasteiger partial charge in [0.25, 0.3) is 0 Å². The van der Waals surface area contributed by atoms with Gasteiger partial charge in [0, 0.05) is 0 Å². The molecule has 2 N–H and O–H groups in total. The number of aromatic hydroxyl groups is 1. The quantitative estimate of drug-likeness (QED) is 0.867. The van der Waals surface area contributed by atoms with Gasteiger partial charge in [0.05, 0.1) is 0 Å². The first kappa shape index (κ1) is 15.8. The van der Waals surface area contributed by atoms with E-state index in [-0.39, 0.29) is 23.1 Å². The van der Waals surface area contributed by atoms with E-state index in [0.717, 1.165) is 0 Å². The highest BCUT2D eigenvalue weighted by atomic mass is 19.4. The third kappa shape index (κ3) is 3.41. The van der Waals surface area contributed by atoms with E-state index in [4.69, 9.17) is 0 Å². The van der Waals surface area contributed by atoms with Crippen LogP contribution in [0.3, 0.4) is 0 Å². The van der Waals surface area contributed by atoms with E-state index in [0.29, 0.717) is 11.1 Å². The molecule has 0 saturated heterocycles. The van der Waals surface area contributed by atoms with E-state index in [1.54, 1.807) is 27.7 Å². The summed E-state index contributed by atoms with van der Waals surface area (Å²) in [7, 11) is 0. The normalized spacial score (nSPS) is 14.2. The molecule has 19 heavy (non-hydrogen) atoms. The van der Waals surface area contributed by atoms with Gasteiger partial charge in [-0.2, -0.15) is 13.2 Å². The Morgan fingerprint density at radius 3 is 1.58 bits per heavy atom. The molecule has 0 aliphatic heterocycles. The number of benzene rings is 1. The fourth-order valence-electron chi connectivity index (χ4n) is 1.93. The number of alkyl halides is 3. The molecule has 0 unspecified atom stereocenters. The minimum atomic E-state index is -4.71. The predicted molar refractivity (Wildman–Crippen MR) is 67.3 cm³/mol. The van der Waals surface area contributed by atoms with Gasteiger partial charge in [-0.05, 0) is 40.7 Å². The van der Waals surface area contributed by atoms with E-state index in [9.17, 15) is 23.4 Å². The highest BCUT2D eigenvalue weighted by Crippen LogP contribution is 2.40. The molecule has 0 spiro atoms. The molecule has 0 amide bonds. The predicted octanol–water partition coefficient (Wildman–Crippen LogP) is 4.23. The van der Waals surface area contributed by atoms with Crippen molar-refractivity contribution in [1.29, 1.82) is 0 Å². The summed E-state index contributed by atoms with van der Waals surface area (Å²) >= 11 is 0. The van der Waals surface area contributed by atoms with E-state index < -0.39 is 12.3 Å². The second-order valence-electron chi connectivity index (χ2n) is 5.30. The highest BCUT2D eigenvalue weighted by Gasteiger charge is 2.40. The summed E-state index contributed by atoms with van der Waals surface area (Å²) in [4.78, 5) is 0. The Bertz CT molecular complexity index is 421. The molecule has 0 aliphatic rings. The second kappa shape index (κ2) is 5.41. The lowest BCUT2D eigenvalue weighted by molar-refractivity contribution is -0.206. The molecular formula is C14H19F3O2. The standard InChI is InChI=1S/C14H19F3O2/c1-7(2)10-5-9(13(19)14(15,16)17)6-11(8(3)4)12(10)18/h5-8,13,18-19H,1-4H3/t13-/m1/s1. The number of phenolic OH excluding ortho intramolecular Hbond substituents is 1. The number of hydrogen-bond acceptors (Lipinski definition) is 2. The van der Waals surface area contributed by atoms with Crippen LogP contribution in [-0.2, 0) is 0 Å². The zero-order valence-corrected chi connectivity index (χ0v) is 11.4. The van der Waals surface area contributed by atoms with Crippen LogP contribution < -0.4 is 0 Å². The molecule has 0 fully saturated rings. The monoisotopic (exact) mass is 276 g/mol. The number of aliphatic hydroxyl groups excluding tert-OH is 1. The highest BCUT2D eigenvalue weighted by molar-refractivity contribution is 5.47. The molecule has 1 aromatic carbocycles. The fourth-order valence-corrected chi connectivity index (χ4v) is 1.93.